The number of ether oxygens (including phenoxy) is 2. The van der Waals surface area contributed by atoms with Gasteiger partial charge >= 0.3 is 0 Å². The minimum atomic E-state index is -0.307. The van der Waals surface area contributed by atoms with E-state index in [0.29, 0.717) is 62.4 Å². The van der Waals surface area contributed by atoms with Crippen LogP contribution in [0.25, 0.3) is 38.5 Å². The predicted molar refractivity (Wildman–Crippen MR) is 162 cm³/mol. The monoisotopic (exact) mass is 578 g/mol. The Morgan fingerprint density at radius 3 is 2.50 bits per heavy atom. The fourth-order valence-corrected chi connectivity index (χ4v) is 5.68. The van der Waals surface area contributed by atoms with Crippen molar-refractivity contribution in [1.82, 2.24) is 18.9 Å². The third kappa shape index (κ3) is 4.95. The van der Waals surface area contributed by atoms with Gasteiger partial charge in [-0.3, -0.25) is 19.4 Å². The molecule has 10 nitrogen and oxygen atoms in total. The molecule has 0 saturated carbocycles. The third-order valence-electron chi connectivity index (χ3n) is 6.82. The molecule has 11 heteroatoms. The van der Waals surface area contributed by atoms with Crippen LogP contribution in [0.15, 0.2) is 89.9 Å². The van der Waals surface area contributed by atoms with Gasteiger partial charge < -0.3 is 19.4 Å². The van der Waals surface area contributed by atoms with Crippen LogP contribution in [-0.4, -0.2) is 45.7 Å². The van der Waals surface area contributed by atoms with E-state index in [1.165, 1.54) is 15.7 Å². The molecule has 2 aromatic carbocycles. The number of anilines is 1. The van der Waals surface area contributed by atoms with Crippen molar-refractivity contribution in [3.05, 3.63) is 106 Å². The summed E-state index contributed by atoms with van der Waals surface area (Å²) in [5.74, 6) is 0.342. The highest BCUT2D eigenvalue weighted by Crippen LogP contribution is 2.37. The molecular weight excluding hydrogens is 552 g/mol. The SMILES string of the molecule is COCCn1c(=N)c(-c2nc(-c3ccccc3)c(NC(=O)c3ccc(OC)cc3)s2)cc2c(=O)n3ccccc3nc21. The van der Waals surface area contributed by atoms with Crippen LogP contribution in [0.3, 0.4) is 0 Å². The van der Waals surface area contributed by atoms with E-state index in [1.807, 2.05) is 36.4 Å². The maximum atomic E-state index is 13.6. The van der Waals surface area contributed by atoms with Crippen molar-refractivity contribution in [2.45, 2.75) is 6.54 Å². The van der Waals surface area contributed by atoms with Crippen LogP contribution in [0.4, 0.5) is 5.00 Å². The van der Waals surface area contributed by atoms with E-state index in [0.717, 1.165) is 5.56 Å². The van der Waals surface area contributed by atoms with Crippen LogP contribution in [0.5, 0.6) is 5.75 Å². The van der Waals surface area contributed by atoms with E-state index in [-0.39, 0.29) is 17.0 Å². The number of methoxy groups -OCH3 is 2. The summed E-state index contributed by atoms with van der Waals surface area (Å²) < 4.78 is 13.7. The van der Waals surface area contributed by atoms with Crippen molar-refractivity contribution >= 4 is 38.9 Å². The summed E-state index contributed by atoms with van der Waals surface area (Å²) in [5, 5.41) is 13.5. The summed E-state index contributed by atoms with van der Waals surface area (Å²) in [5.41, 5.74) is 3.03. The summed E-state index contributed by atoms with van der Waals surface area (Å²) in [6.07, 6.45) is 1.67. The first-order valence-electron chi connectivity index (χ1n) is 13.1. The van der Waals surface area contributed by atoms with Gasteiger partial charge in [-0.15, -0.1) is 0 Å². The van der Waals surface area contributed by atoms with Crippen molar-refractivity contribution in [3.8, 4) is 27.6 Å². The Morgan fingerprint density at radius 1 is 1.00 bits per heavy atom. The van der Waals surface area contributed by atoms with Gasteiger partial charge in [0.05, 0.1) is 24.7 Å². The molecule has 0 spiro atoms. The third-order valence-corrected chi connectivity index (χ3v) is 7.83. The lowest BCUT2D eigenvalue weighted by Gasteiger charge is -2.13. The van der Waals surface area contributed by atoms with Gasteiger partial charge in [0.1, 0.15) is 38.2 Å². The Bertz CT molecular complexity index is 2050. The largest absolute Gasteiger partial charge is 0.497 e. The Labute approximate surface area is 244 Å². The van der Waals surface area contributed by atoms with E-state index in [1.54, 1.807) is 67.4 Å². The smallest absolute Gasteiger partial charge is 0.267 e. The molecule has 0 aliphatic carbocycles. The average Bonchev–Trinajstić information content (AvgIpc) is 3.44. The lowest BCUT2D eigenvalue weighted by atomic mass is 10.1. The number of hydrogen-bond donors (Lipinski definition) is 2. The second-order valence-corrected chi connectivity index (χ2v) is 10.4. The topological polar surface area (TPSA) is 124 Å². The molecule has 0 aliphatic rings. The molecular formula is C31H26N6O4S. The number of aromatic nitrogens is 4. The Balaban J connectivity index is 1.53. The molecule has 6 rings (SSSR count). The minimum Gasteiger partial charge on any atom is -0.497 e. The number of nitrogens with zero attached hydrogens (tertiary/aromatic N) is 4. The van der Waals surface area contributed by atoms with Crippen molar-refractivity contribution in [2.75, 3.05) is 26.1 Å². The zero-order valence-electron chi connectivity index (χ0n) is 22.8. The zero-order valence-corrected chi connectivity index (χ0v) is 23.6. The molecule has 42 heavy (non-hydrogen) atoms. The van der Waals surface area contributed by atoms with Crippen LogP contribution in [0, 0.1) is 5.41 Å². The average molecular weight is 579 g/mol. The van der Waals surface area contributed by atoms with Gasteiger partial charge in [0.2, 0.25) is 0 Å². The van der Waals surface area contributed by atoms with Crippen molar-refractivity contribution in [3.63, 3.8) is 0 Å². The summed E-state index contributed by atoms with van der Waals surface area (Å²) in [6.45, 7) is 0.633. The number of amides is 1. The molecule has 0 fully saturated rings. The van der Waals surface area contributed by atoms with Gasteiger partial charge in [0.15, 0.2) is 0 Å². The van der Waals surface area contributed by atoms with E-state index >= 15 is 0 Å². The van der Waals surface area contributed by atoms with Crippen molar-refractivity contribution < 1.29 is 14.3 Å². The van der Waals surface area contributed by atoms with Gasteiger partial charge in [0, 0.05) is 31.0 Å². The number of rotatable bonds is 8. The number of hydrogen-bond acceptors (Lipinski definition) is 8. The summed E-state index contributed by atoms with van der Waals surface area (Å²) in [7, 11) is 3.15. The van der Waals surface area contributed by atoms with Gasteiger partial charge in [-0.25, -0.2) is 9.97 Å². The standard InChI is InChI=1S/C31H26N6O4S/c1-40-17-16-37-26(32)22(18-23-27(37)33-24-10-6-7-15-36(24)31(23)39)29-34-25(19-8-4-3-5-9-19)30(42-29)35-28(38)20-11-13-21(41-2)14-12-20/h3-15,18,32H,16-17H2,1-2H3,(H,35,38). The molecule has 0 bridgehead atoms. The summed E-state index contributed by atoms with van der Waals surface area (Å²) in [4.78, 5) is 36.4. The maximum absolute atomic E-state index is 13.6. The Hall–Kier alpha value is -5.13. The number of carbonyl (C=O) groups is 1. The fourth-order valence-electron chi connectivity index (χ4n) is 4.68. The van der Waals surface area contributed by atoms with Crippen LogP contribution >= 0.6 is 11.3 Å². The van der Waals surface area contributed by atoms with Gasteiger partial charge in [-0.2, -0.15) is 0 Å². The maximum Gasteiger partial charge on any atom is 0.267 e. The van der Waals surface area contributed by atoms with E-state index in [9.17, 15) is 9.59 Å². The highest BCUT2D eigenvalue weighted by molar-refractivity contribution is 7.19. The molecule has 0 unspecified atom stereocenters. The second kappa shape index (κ2) is 11.4. The van der Waals surface area contributed by atoms with E-state index < -0.39 is 0 Å². The van der Waals surface area contributed by atoms with E-state index in [2.05, 4.69) is 5.32 Å². The summed E-state index contributed by atoms with van der Waals surface area (Å²) >= 11 is 1.24. The number of thiazole rings is 1. The fraction of sp³-hybridized carbons (Fsp3) is 0.129. The number of pyridine rings is 2. The van der Waals surface area contributed by atoms with Crippen LogP contribution in [-0.2, 0) is 11.3 Å². The van der Waals surface area contributed by atoms with Crippen molar-refractivity contribution in [2.24, 2.45) is 0 Å². The molecule has 6 aromatic rings. The lowest BCUT2D eigenvalue weighted by molar-refractivity contribution is 0.102. The Morgan fingerprint density at radius 2 is 1.76 bits per heavy atom. The molecule has 4 aromatic heterocycles. The molecule has 0 saturated heterocycles. The number of nitrogens with one attached hydrogen (secondary N) is 2. The quantitative estimate of drug-likeness (QED) is 0.250. The van der Waals surface area contributed by atoms with Gasteiger partial charge in [0.25, 0.3) is 11.5 Å². The highest BCUT2D eigenvalue weighted by atomic mass is 32.1. The number of fused-ring (bicyclic) bond motifs is 2. The second-order valence-electron chi connectivity index (χ2n) is 9.38. The first-order valence-corrected chi connectivity index (χ1v) is 13.9. The molecule has 2 N–H and O–H groups in total. The number of benzene rings is 2. The highest BCUT2D eigenvalue weighted by Gasteiger charge is 2.21. The number of carbonyl (C=O) groups excluding carboxylic acids is 1. The molecule has 0 radical (unpaired) electrons. The molecule has 0 atom stereocenters. The zero-order chi connectivity index (χ0) is 29.2. The molecule has 210 valence electrons. The van der Waals surface area contributed by atoms with Crippen molar-refractivity contribution in [1.29, 1.82) is 5.41 Å². The summed E-state index contributed by atoms with van der Waals surface area (Å²) in [6, 6.07) is 23.3. The van der Waals surface area contributed by atoms with E-state index in [4.69, 9.17) is 24.9 Å². The molecule has 1 amide bonds. The van der Waals surface area contributed by atoms with Crippen LogP contribution in [0.1, 0.15) is 10.4 Å². The minimum absolute atomic E-state index is 0.133. The van der Waals surface area contributed by atoms with Gasteiger partial charge in [-0.1, -0.05) is 47.7 Å². The predicted octanol–water partition coefficient (Wildman–Crippen LogP) is 4.83. The van der Waals surface area contributed by atoms with Crippen LogP contribution < -0.4 is 21.1 Å². The lowest BCUT2D eigenvalue weighted by Crippen LogP contribution is -2.28. The molecule has 4 heterocycles. The first kappa shape index (κ1) is 27.1. The molecule has 0 aliphatic heterocycles. The first-order chi connectivity index (χ1) is 20.5. The van der Waals surface area contributed by atoms with Crippen LogP contribution in [0.2, 0.25) is 0 Å². The Kier molecular flexibility index (Phi) is 7.34. The van der Waals surface area contributed by atoms with Gasteiger partial charge in [-0.05, 0) is 42.5 Å². The normalized spacial score (nSPS) is 11.2.